The quantitative estimate of drug-likeness (QED) is 0.721. The number of ketones is 1. The highest BCUT2D eigenvalue weighted by atomic mass is 16.5. The van der Waals surface area contributed by atoms with Gasteiger partial charge in [0.05, 0.1) is 12.2 Å². The summed E-state index contributed by atoms with van der Waals surface area (Å²) in [5, 5.41) is 19.0. The lowest BCUT2D eigenvalue weighted by molar-refractivity contribution is 0.0117. The minimum Gasteiger partial charge on any atom is -0.463 e. The Kier molecular flexibility index (Phi) is 2.84. The molecule has 1 fully saturated rings. The fourth-order valence-corrected chi connectivity index (χ4v) is 1.85. The number of rotatable bonds is 2. The number of carbonyl (C=O) groups is 1. The summed E-state index contributed by atoms with van der Waals surface area (Å²) in [6, 6.07) is 1.56. The van der Waals surface area contributed by atoms with Crippen molar-refractivity contribution in [3.8, 4) is 0 Å². The molecule has 5 heteroatoms. The number of ether oxygens (including phenoxy) is 1. The highest BCUT2D eigenvalue weighted by Gasteiger charge is 2.38. The number of aliphatic hydroxyl groups excluding tert-OH is 2. The van der Waals surface area contributed by atoms with E-state index in [1.807, 2.05) is 0 Å². The van der Waals surface area contributed by atoms with E-state index >= 15 is 0 Å². The van der Waals surface area contributed by atoms with E-state index in [0.717, 1.165) is 0 Å². The van der Waals surface area contributed by atoms with E-state index < -0.39 is 18.3 Å². The molecule has 2 N–H and O–H groups in total. The molecule has 88 valence electrons. The van der Waals surface area contributed by atoms with Crippen LogP contribution in [-0.2, 0) is 4.74 Å². The average Bonchev–Trinajstić information content (AvgIpc) is 2.73. The maximum absolute atomic E-state index is 11.2. The van der Waals surface area contributed by atoms with Crippen molar-refractivity contribution in [1.29, 1.82) is 0 Å². The van der Waals surface area contributed by atoms with Crippen LogP contribution < -0.4 is 0 Å². The fourth-order valence-electron chi connectivity index (χ4n) is 1.85. The molecule has 1 aromatic heterocycles. The van der Waals surface area contributed by atoms with Gasteiger partial charge in [-0.25, -0.2) is 0 Å². The zero-order chi connectivity index (χ0) is 11.9. The molecule has 1 aliphatic heterocycles. The number of carbonyl (C=O) groups excluding carboxylic acids is 1. The average molecular weight is 226 g/mol. The number of Topliss-reactive ketones (excluding diaryl/α,β-unsaturated/α-hetero) is 1. The van der Waals surface area contributed by atoms with Gasteiger partial charge in [0.25, 0.3) is 0 Å². The highest BCUT2D eigenvalue weighted by molar-refractivity contribution is 5.95. The minimum absolute atomic E-state index is 0.0704. The molecule has 1 saturated heterocycles. The van der Waals surface area contributed by atoms with Crippen LogP contribution in [0.25, 0.3) is 0 Å². The normalized spacial score (nSPS) is 29.6. The number of aliphatic hydroxyl groups is 2. The van der Waals surface area contributed by atoms with Crippen molar-refractivity contribution < 1.29 is 24.2 Å². The first-order valence-electron chi connectivity index (χ1n) is 5.09. The summed E-state index contributed by atoms with van der Waals surface area (Å²) in [4.78, 5) is 11.2. The predicted molar refractivity (Wildman–Crippen MR) is 54.2 cm³/mol. The zero-order valence-corrected chi connectivity index (χ0v) is 9.14. The van der Waals surface area contributed by atoms with Gasteiger partial charge >= 0.3 is 0 Å². The molecular formula is C11H14O5. The van der Waals surface area contributed by atoms with E-state index in [9.17, 15) is 15.0 Å². The standard InChI is InChI=1S/C11H14O5/c1-5(12)7-3-9(16-6(7)2)11-10(14)8(13)4-15-11/h3,8,10-11,13-14H,4H2,1-2H3/t8-,10+,11+/m1/s1. The lowest BCUT2D eigenvalue weighted by Gasteiger charge is -2.11. The van der Waals surface area contributed by atoms with Crippen LogP contribution >= 0.6 is 0 Å². The topological polar surface area (TPSA) is 79.9 Å². The van der Waals surface area contributed by atoms with Gasteiger partial charge in [-0.1, -0.05) is 0 Å². The Balaban J connectivity index is 2.28. The summed E-state index contributed by atoms with van der Waals surface area (Å²) in [7, 11) is 0. The van der Waals surface area contributed by atoms with Crippen molar-refractivity contribution in [3.05, 3.63) is 23.2 Å². The Labute approximate surface area is 92.6 Å². The highest BCUT2D eigenvalue weighted by Crippen LogP contribution is 2.32. The Morgan fingerprint density at radius 3 is 2.62 bits per heavy atom. The summed E-state index contributed by atoms with van der Waals surface area (Å²) in [6.45, 7) is 3.20. The smallest absolute Gasteiger partial charge is 0.163 e. The zero-order valence-electron chi connectivity index (χ0n) is 9.14. The monoisotopic (exact) mass is 226 g/mol. The molecule has 1 aromatic rings. The van der Waals surface area contributed by atoms with Crippen molar-refractivity contribution >= 4 is 5.78 Å². The van der Waals surface area contributed by atoms with Gasteiger partial charge in [0.2, 0.25) is 0 Å². The van der Waals surface area contributed by atoms with E-state index in [1.54, 1.807) is 13.0 Å². The van der Waals surface area contributed by atoms with E-state index in [4.69, 9.17) is 9.15 Å². The van der Waals surface area contributed by atoms with Crippen LogP contribution in [0.3, 0.4) is 0 Å². The van der Waals surface area contributed by atoms with E-state index in [1.165, 1.54) is 6.92 Å². The second-order valence-electron chi connectivity index (χ2n) is 3.99. The van der Waals surface area contributed by atoms with Crippen molar-refractivity contribution in [3.63, 3.8) is 0 Å². The van der Waals surface area contributed by atoms with Gasteiger partial charge in [0, 0.05) is 0 Å². The third-order valence-electron chi connectivity index (χ3n) is 2.75. The summed E-state index contributed by atoms with van der Waals surface area (Å²) in [5.74, 6) is 0.784. The fraction of sp³-hybridized carbons (Fsp3) is 0.545. The number of aryl methyl sites for hydroxylation is 1. The maximum atomic E-state index is 11.2. The summed E-state index contributed by atoms with van der Waals surface area (Å²) in [6.07, 6.45) is -2.61. The predicted octanol–water partition coefficient (Wildman–Crippen LogP) is 0.584. The third kappa shape index (κ3) is 1.77. The van der Waals surface area contributed by atoms with E-state index in [2.05, 4.69) is 0 Å². The first-order chi connectivity index (χ1) is 7.50. The van der Waals surface area contributed by atoms with E-state index in [-0.39, 0.29) is 12.4 Å². The van der Waals surface area contributed by atoms with Gasteiger partial charge in [-0.2, -0.15) is 0 Å². The first-order valence-corrected chi connectivity index (χ1v) is 5.09. The molecule has 2 heterocycles. The van der Waals surface area contributed by atoms with Crippen molar-refractivity contribution in [2.45, 2.75) is 32.2 Å². The van der Waals surface area contributed by atoms with Gasteiger partial charge in [-0.15, -0.1) is 0 Å². The maximum Gasteiger partial charge on any atom is 0.163 e. The Bertz CT molecular complexity index is 409. The Morgan fingerprint density at radius 1 is 1.50 bits per heavy atom. The number of hydrogen-bond acceptors (Lipinski definition) is 5. The molecule has 0 saturated carbocycles. The van der Waals surface area contributed by atoms with Gasteiger partial charge in [0.1, 0.15) is 29.8 Å². The van der Waals surface area contributed by atoms with E-state index in [0.29, 0.717) is 17.1 Å². The molecule has 0 bridgehead atoms. The second-order valence-corrected chi connectivity index (χ2v) is 3.99. The Hall–Kier alpha value is -1.17. The molecular weight excluding hydrogens is 212 g/mol. The molecule has 0 spiro atoms. The van der Waals surface area contributed by atoms with Crippen molar-refractivity contribution in [2.24, 2.45) is 0 Å². The molecule has 0 radical (unpaired) electrons. The van der Waals surface area contributed by atoms with Gasteiger partial charge < -0.3 is 19.4 Å². The SMILES string of the molecule is CC(=O)c1cc([C@@H]2OC[C@@H](O)[C@@H]2O)oc1C. The van der Waals surface area contributed by atoms with Crippen LogP contribution in [0.2, 0.25) is 0 Å². The molecule has 0 aliphatic carbocycles. The molecule has 3 atom stereocenters. The molecule has 0 aromatic carbocycles. The molecule has 16 heavy (non-hydrogen) atoms. The van der Waals surface area contributed by atoms with Crippen molar-refractivity contribution in [1.82, 2.24) is 0 Å². The first kappa shape index (κ1) is 11.3. The third-order valence-corrected chi connectivity index (χ3v) is 2.75. The number of hydrogen-bond donors (Lipinski definition) is 2. The molecule has 0 unspecified atom stereocenters. The Morgan fingerprint density at radius 2 is 2.19 bits per heavy atom. The van der Waals surface area contributed by atoms with Crippen LogP contribution in [0.15, 0.2) is 10.5 Å². The van der Waals surface area contributed by atoms with Crippen LogP contribution in [0, 0.1) is 6.92 Å². The molecule has 1 aliphatic rings. The lowest BCUT2D eigenvalue weighted by Crippen LogP contribution is -2.24. The van der Waals surface area contributed by atoms with Gasteiger partial charge in [0.15, 0.2) is 5.78 Å². The largest absolute Gasteiger partial charge is 0.463 e. The van der Waals surface area contributed by atoms with Crippen molar-refractivity contribution in [2.75, 3.05) is 6.61 Å². The second kappa shape index (κ2) is 4.01. The van der Waals surface area contributed by atoms with Crippen LogP contribution in [0.5, 0.6) is 0 Å². The van der Waals surface area contributed by atoms with Gasteiger partial charge in [-0.3, -0.25) is 4.79 Å². The minimum atomic E-state index is -1.01. The molecule has 2 rings (SSSR count). The van der Waals surface area contributed by atoms with Gasteiger partial charge in [-0.05, 0) is 19.9 Å². The van der Waals surface area contributed by atoms with Crippen LogP contribution in [0.4, 0.5) is 0 Å². The number of furan rings is 1. The summed E-state index contributed by atoms with van der Waals surface area (Å²) >= 11 is 0. The molecule has 0 amide bonds. The lowest BCUT2D eigenvalue weighted by atomic mass is 10.1. The van der Waals surface area contributed by atoms with Crippen LogP contribution in [0.1, 0.15) is 34.9 Å². The van der Waals surface area contributed by atoms with Crippen LogP contribution in [-0.4, -0.2) is 34.8 Å². The molecule has 5 nitrogen and oxygen atoms in total. The summed E-state index contributed by atoms with van der Waals surface area (Å²) in [5.41, 5.74) is 0.479. The summed E-state index contributed by atoms with van der Waals surface area (Å²) < 4.78 is 10.6.